The number of benzene rings is 3. The minimum Gasteiger partial charge on any atom is -0.478 e. The van der Waals surface area contributed by atoms with Crippen LogP contribution in [0.5, 0.6) is 5.75 Å². The smallest absolute Gasteiger partial charge is 0.349 e. The molecule has 39 heavy (non-hydrogen) atoms. The molecule has 0 fully saturated rings. The SMILES string of the molecule is CCc1nc2c(C)cc(C)nc2n1Cc1ccc(OC(C(=O)O)c2ccccc2)c(C(=O)c2ccccc2)c1. The highest BCUT2D eigenvalue weighted by molar-refractivity contribution is 6.10. The summed E-state index contributed by atoms with van der Waals surface area (Å²) in [5.41, 5.74) is 5.76. The van der Waals surface area contributed by atoms with Crippen LogP contribution in [0.25, 0.3) is 11.2 Å². The van der Waals surface area contributed by atoms with Gasteiger partial charge in [-0.05, 0) is 43.2 Å². The number of aliphatic carboxylic acids is 1. The summed E-state index contributed by atoms with van der Waals surface area (Å²) in [7, 11) is 0. The highest BCUT2D eigenvalue weighted by atomic mass is 16.5. The quantitative estimate of drug-likeness (QED) is 0.237. The van der Waals surface area contributed by atoms with Gasteiger partial charge in [0.15, 0.2) is 11.4 Å². The predicted molar refractivity (Wildman–Crippen MR) is 149 cm³/mol. The summed E-state index contributed by atoms with van der Waals surface area (Å²) in [4.78, 5) is 35.4. The Morgan fingerprint density at radius 2 is 1.62 bits per heavy atom. The predicted octanol–water partition coefficient (Wildman–Crippen LogP) is 6.09. The highest BCUT2D eigenvalue weighted by Crippen LogP contribution is 2.30. The van der Waals surface area contributed by atoms with Crippen LogP contribution in [-0.2, 0) is 17.8 Å². The Hall–Kier alpha value is -4.78. The largest absolute Gasteiger partial charge is 0.478 e. The topological polar surface area (TPSA) is 94.3 Å². The third-order valence-corrected chi connectivity index (χ3v) is 6.65. The lowest BCUT2D eigenvalue weighted by molar-refractivity contribution is -0.145. The van der Waals surface area contributed by atoms with Crippen LogP contribution in [0.1, 0.15) is 57.2 Å². The van der Waals surface area contributed by atoms with Gasteiger partial charge in [0.05, 0.1) is 12.1 Å². The fourth-order valence-corrected chi connectivity index (χ4v) is 4.78. The van der Waals surface area contributed by atoms with E-state index in [2.05, 4.69) is 11.5 Å². The van der Waals surface area contributed by atoms with E-state index in [4.69, 9.17) is 14.7 Å². The van der Waals surface area contributed by atoms with E-state index in [1.165, 1.54) is 0 Å². The van der Waals surface area contributed by atoms with Crippen molar-refractivity contribution >= 4 is 22.9 Å². The van der Waals surface area contributed by atoms with Crippen LogP contribution in [-0.4, -0.2) is 31.4 Å². The number of ketones is 1. The Labute approximate surface area is 226 Å². The molecule has 0 bridgehead atoms. The second-order valence-corrected chi connectivity index (χ2v) is 9.49. The Bertz CT molecular complexity index is 1660. The van der Waals surface area contributed by atoms with Gasteiger partial charge in [0.25, 0.3) is 0 Å². The molecule has 196 valence electrons. The van der Waals surface area contributed by atoms with E-state index in [1.807, 2.05) is 38.1 Å². The van der Waals surface area contributed by atoms with E-state index in [1.54, 1.807) is 60.7 Å². The van der Waals surface area contributed by atoms with Gasteiger partial charge >= 0.3 is 5.97 Å². The Balaban J connectivity index is 1.59. The van der Waals surface area contributed by atoms with Gasteiger partial charge in [-0.1, -0.05) is 73.7 Å². The molecule has 1 atom stereocenters. The summed E-state index contributed by atoms with van der Waals surface area (Å²) in [6.07, 6.45) is -0.540. The zero-order valence-electron chi connectivity index (χ0n) is 22.1. The molecule has 2 heterocycles. The number of hydrogen-bond donors (Lipinski definition) is 1. The molecule has 7 nitrogen and oxygen atoms in total. The van der Waals surface area contributed by atoms with Gasteiger partial charge in [-0.2, -0.15) is 0 Å². The molecule has 0 saturated carbocycles. The van der Waals surface area contributed by atoms with Crippen LogP contribution >= 0.6 is 0 Å². The van der Waals surface area contributed by atoms with Gasteiger partial charge in [-0.15, -0.1) is 0 Å². The van der Waals surface area contributed by atoms with E-state index in [0.717, 1.165) is 40.2 Å². The molecule has 0 amide bonds. The third kappa shape index (κ3) is 5.29. The lowest BCUT2D eigenvalue weighted by Gasteiger charge is -2.19. The summed E-state index contributed by atoms with van der Waals surface area (Å²) in [6.45, 7) is 6.49. The van der Waals surface area contributed by atoms with E-state index in [9.17, 15) is 14.7 Å². The van der Waals surface area contributed by atoms with Gasteiger partial charge < -0.3 is 14.4 Å². The van der Waals surface area contributed by atoms with E-state index >= 15 is 0 Å². The molecule has 1 N–H and O–H groups in total. The van der Waals surface area contributed by atoms with Crippen molar-refractivity contribution in [2.24, 2.45) is 0 Å². The number of carbonyl (C=O) groups is 2. The van der Waals surface area contributed by atoms with Crippen LogP contribution in [0.15, 0.2) is 84.9 Å². The second kappa shape index (κ2) is 10.9. The number of aromatic nitrogens is 3. The Morgan fingerprint density at radius 1 is 0.923 bits per heavy atom. The average Bonchev–Trinajstić information content (AvgIpc) is 3.30. The van der Waals surface area contributed by atoms with E-state index in [-0.39, 0.29) is 11.5 Å². The maximum atomic E-state index is 13.7. The number of rotatable bonds is 9. The Kier molecular flexibility index (Phi) is 7.23. The summed E-state index contributed by atoms with van der Waals surface area (Å²) in [5.74, 6) is -0.282. The fraction of sp³-hybridized carbons (Fsp3) is 0.188. The molecule has 0 spiro atoms. The maximum Gasteiger partial charge on any atom is 0.349 e. The first-order chi connectivity index (χ1) is 18.9. The molecule has 0 aliphatic rings. The first-order valence-electron chi connectivity index (χ1n) is 12.9. The molecule has 2 aromatic heterocycles. The number of ether oxygens (including phenoxy) is 1. The van der Waals surface area contributed by atoms with Gasteiger partial charge in [-0.25, -0.2) is 14.8 Å². The summed E-state index contributed by atoms with van der Waals surface area (Å²) < 4.78 is 8.10. The summed E-state index contributed by atoms with van der Waals surface area (Å²) in [6, 6.07) is 24.9. The average molecular weight is 520 g/mol. The molecule has 0 saturated heterocycles. The summed E-state index contributed by atoms with van der Waals surface area (Å²) in [5, 5.41) is 9.94. The van der Waals surface area contributed by atoms with Gasteiger partial charge in [0.2, 0.25) is 6.10 Å². The summed E-state index contributed by atoms with van der Waals surface area (Å²) >= 11 is 0. The van der Waals surface area contributed by atoms with Gasteiger partial charge in [0.1, 0.15) is 17.1 Å². The van der Waals surface area contributed by atoms with Crippen LogP contribution in [0, 0.1) is 13.8 Å². The zero-order valence-corrected chi connectivity index (χ0v) is 22.1. The van der Waals surface area contributed by atoms with Crippen molar-refractivity contribution in [1.29, 1.82) is 0 Å². The number of nitrogens with zero attached hydrogens (tertiary/aromatic N) is 3. The zero-order chi connectivity index (χ0) is 27.5. The number of carboxylic acids is 1. The van der Waals surface area contributed by atoms with Gasteiger partial charge in [0, 0.05) is 23.2 Å². The van der Waals surface area contributed by atoms with Crippen molar-refractivity contribution in [2.75, 3.05) is 0 Å². The molecule has 0 radical (unpaired) electrons. The number of carbonyl (C=O) groups excluding carboxylic acids is 1. The van der Waals surface area contributed by atoms with Crippen LogP contribution in [0.4, 0.5) is 0 Å². The maximum absolute atomic E-state index is 13.7. The standard InChI is InChI=1S/C32H29N3O4/c1-4-27-34-28-20(2)17-21(3)33-31(28)35(27)19-22-15-16-26(25(18-22)29(36)23-11-7-5-8-12-23)39-30(32(37)38)24-13-9-6-10-14-24/h5-18,30H,4,19H2,1-3H3,(H,37,38). The number of imidazole rings is 1. The molecular weight excluding hydrogens is 490 g/mol. The van der Waals surface area contributed by atoms with E-state index < -0.39 is 12.1 Å². The second-order valence-electron chi connectivity index (χ2n) is 9.49. The first kappa shape index (κ1) is 25.9. The third-order valence-electron chi connectivity index (χ3n) is 6.65. The molecule has 5 rings (SSSR count). The molecule has 0 aliphatic carbocycles. The highest BCUT2D eigenvalue weighted by Gasteiger charge is 2.25. The number of fused-ring (bicyclic) bond motifs is 1. The van der Waals surface area contributed by atoms with Crippen LogP contribution < -0.4 is 4.74 Å². The molecule has 7 heteroatoms. The van der Waals surface area contributed by atoms with Crippen molar-refractivity contribution < 1.29 is 19.4 Å². The number of hydrogen-bond acceptors (Lipinski definition) is 5. The van der Waals surface area contributed by atoms with Crippen molar-refractivity contribution in [3.8, 4) is 5.75 Å². The lowest BCUT2D eigenvalue weighted by atomic mass is 9.99. The number of carboxylic acid groups (broad SMARTS) is 1. The molecule has 3 aromatic carbocycles. The van der Waals surface area contributed by atoms with Crippen molar-refractivity contribution in [3.63, 3.8) is 0 Å². The Morgan fingerprint density at radius 3 is 2.28 bits per heavy atom. The minimum atomic E-state index is -1.26. The normalized spacial score (nSPS) is 11.9. The molecular formula is C32H29N3O4. The van der Waals surface area contributed by atoms with Crippen molar-refractivity contribution in [1.82, 2.24) is 14.5 Å². The number of aryl methyl sites for hydroxylation is 3. The van der Waals surface area contributed by atoms with Gasteiger partial charge in [-0.3, -0.25) is 4.79 Å². The van der Waals surface area contributed by atoms with Crippen LogP contribution in [0.2, 0.25) is 0 Å². The lowest BCUT2D eigenvalue weighted by Crippen LogP contribution is -2.19. The minimum absolute atomic E-state index is 0.208. The molecule has 0 aliphatic heterocycles. The van der Waals surface area contributed by atoms with Crippen molar-refractivity contribution in [3.05, 3.63) is 124 Å². The molecule has 1 unspecified atom stereocenters. The fourth-order valence-electron chi connectivity index (χ4n) is 4.78. The van der Waals surface area contributed by atoms with E-state index in [0.29, 0.717) is 23.2 Å². The van der Waals surface area contributed by atoms with Crippen LogP contribution in [0.3, 0.4) is 0 Å². The molecule has 5 aromatic rings. The number of pyridine rings is 1. The monoisotopic (exact) mass is 519 g/mol. The van der Waals surface area contributed by atoms with Crippen molar-refractivity contribution in [2.45, 2.75) is 39.8 Å². The first-order valence-corrected chi connectivity index (χ1v) is 12.9.